The maximum absolute atomic E-state index is 3.90. The van der Waals surface area contributed by atoms with Gasteiger partial charge in [0.25, 0.3) is 0 Å². The monoisotopic (exact) mass is 193 g/mol. The van der Waals surface area contributed by atoms with Gasteiger partial charge in [-0.15, -0.1) is 0 Å². The second kappa shape index (κ2) is 3.84. The highest BCUT2D eigenvalue weighted by molar-refractivity contribution is 4.91. The van der Waals surface area contributed by atoms with Crippen LogP contribution in [0.5, 0.6) is 0 Å². The maximum Gasteiger partial charge on any atom is 0.00979 e. The van der Waals surface area contributed by atoms with Crippen LogP contribution in [-0.2, 0) is 0 Å². The number of rotatable bonds is 3. The summed E-state index contributed by atoms with van der Waals surface area (Å²) in [5.74, 6) is 2.17. The van der Waals surface area contributed by atoms with E-state index in [0.717, 1.165) is 23.9 Å². The molecule has 1 N–H and O–H groups in total. The molecule has 0 aromatic rings. The number of fused-ring (bicyclic) bond motifs is 1. The fraction of sp³-hybridized carbons (Fsp3) is 1.00. The van der Waals surface area contributed by atoms with Crippen molar-refractivity contribution >= 4 is 0 Å². The van der Waals surface area contributed by atoms with Gasteiger partial charge in [-0.2, -0.15) is 0 Å². The van der Waals surface area contributed by atoms with Crippen LogP contribution in [0.3, 0.4) is 0 Å². The van der Waals surface area contributed by atoms with Gasteiger partial charge < -0.3 is 5.32 Å². The highest BCUT2D eigenvalue weighted by Crippen LogP contribution is 2.37. The normalized spacial score (nSPS) is 42.4. The molecular formula is C13H23N. The molecule has 3 unspecified atom stereocenters. The zero-order chi connectivity index (χ0) is 9.38. The van der Waals surface area contributed by atoms with Crippen LogP contribution in [0.25, 0.3) is 0 Å². The van der Waals surface area contributed by atoms with Crippen molar-refractivity contribution in [2.24, 2.45) is 11.8 Å². The Kier molecular flexibility index (Phi) is 2.53. The molecule has 0 aromatic heterocycles. The molecule has 2 saturated carbocycles. The SMILES string of the molecule is C1CC2CCC(CCC3CC3)NC2C1. The first-order valence-corrected chi connectivity index (χ1v) is 6.68. The molecule has 3 atom stereocenters. The van der Waals surface area contributed by atoms with Crippen molar-refractivity contribution in [2.75, 3.05) is 0 Å². The van der Waals surface area contributed by atoms with Crippen LogP contribution in [0.4, 0.5) is 0 Å². The van der Waals surface area contributed by atoms with E-state index in [1.165, 1.54) is 57.8 Å². The van der Waals surface area contributed by atoms with Crippen LogP contribution < -0.4 is 5.32 Å². The highest BCUT2D eigenvalue weighted by Gasteiger charge is 2.33. The molecule has 0 radical (unpaired) electrons. The van der Waals surface area contributed by atoms with Crippen molar-refractivity contribution in [3.63, 3.8) is 0 Å². The third kappa shape index (κ3) is 1.98. The van der Waals surface area contributed by atoms with Gasteiger partial charge in [0.1, 0.15) is 0 Å². The molecule has 1 heteroatoms. The Balaban J connectivity index is 1.46. The second-order valence-electron chi connectivity index (χ2n) is 5.76. The first-order valence-electron chi connectivity index (χ1n) is 6.68. The van der Waals surface area contributed by atoms with Gasteiger partial charge in [0.05, 0.1) is 0 Å². The predicted octanol–water partition coefficient (Wildman–Crippen LogP) is 3.10. The van der Waals surface area contributed by atoms with Gasteiger partial charge in [0, 0.05) is 12.1 Å². The highest BCUT2D eigenvalue weighted by atomic mass is 15.0. The lowest BCUT2D eigenvalue weighted by Gasteiger charge is -2.33. The minimum absolute atomic E-state index is 0.884. The molecule has 2 aliphatic carbocycles. The van der Waals surface area contributed by atoms with Crippen molar-refractivity contribution in [3.8, 4) is 0 Å². The minimum Gasteiger partial charge on any atom is -0.311 e. The van der Waals surface area contributed by atoms with E-state index in [1.807, 2.05) is 0 Å². The number of hydrogen-bond donors (Lipinski definition) is 1. The molecule has 0 bridgehead atoms. The van der Waals surface area contributed by atoms with E-state index in [2.05, 4.69) is 5.32 Å². The Bertz CT molecular complexity index is 197. The molecule has 3 fully saturated rings. The van der Waals surface area contributed by atoms with Gasteiger partial charge in [0.15, 0.2) is 0 Å². The zero-order valence-corrected chi connectivity index (χ0v) is 9.17. The van der Waals surface area contributed by atoms with Crippen molar-refractivity contribution in [1.82, 2.24) is 5.32 Å². The summed E-state index contributed by atoms with van der Waals surface area (Å²) in [5.41, 5.74) is 0. The Hall–Kier alpha value is -0.0400. The smallest absolute Gasteiger partial charge is 0.00979 e. The third-order valence-electron chi connectivity index (χ3n) is 4.62. The molecule has 1 saturated heterocycles. The second-order valence-corrected chi connectivity index (χ2v) is 5.76. The molecule has 3 aliphatic rings. The summed E-state index contributed by atoms with van der Waals surface area (Å²) in [5, 5.41) is 3.90. The quantitative estimate of drug-likeness (QED) is 0.726. The Labute approximate surface area is 87.7 Å². The lowest BCUT2D eigenvalue weighted by molar-refractivity contribution is 0.246. The third-order valence-corrected chi connectivity index (χ3v) is 4.62. The van der Waals surface area contributed by atoms with Crippen LogP contribution in [0, 0.1) is 11.8 Å². The largest absolute Gasteiger partial charge is 0.311 e. The molecule has 3 rings (SSSR count). The van der Waals surface area contributed by atoms with Gasteiger partial charge >= 0.3 is 0 Å². The molecular weight excluding hydrogens is 170 g/mol. The zero-order valence-electron chi connectivity index (χ0n) is 9.17. The van der Waals surface area contributed by atoms with Crippen LogP contribution >= 0.6 is 0 Å². The fourth-order valence-electron chi connectivity index (χ4n) is 3.47. The van der Waals surface area contributed by atoms with E-state index < -0.39 is 0 Å². The number of hydrogen-bond acceptors (Lipinski definition) is 1. The fourth-order valence-corrected chi connectivity index (χ4v) is 3.47. The van der Waals surface area contributed by atoms with Crippen molar-refractivity contribution < 1.29 is 0 Å². The maximum atomic E-state index is 3.90. The summed E-state index contributed by atoms with van der Waals surface area (Å²) in [6.07, 6.45) is 13.5. The summed E-state index contributed by atoms with van der Waals surface area (Å²) in [6, 6.07) is 1.79. The van der Waals surface area contributed by atoms with Gasteiger partial charge in [-0.05, 0) is 50.4 Å². The van der Waals surface area contributed by atoms with Crippen LogP contribution in [0.2, 0.25) is 0 Å². The van der Waals surface area contributed by atoms with Gasteiger partial charge in [-0.1, -0.05) is 19.3 Å². The van der Waals surface area contributed by atoms with Gasteiger partial charge in [-0.3, -0.25) is 0 Å². The van der Waals surface area contributed by atoms with E-state index >= 15 is 0 Å². The van der Waals surface area contributed by atoms with Crippen LogP contribution in [0.15, 0.2) is 0 Å². The molecule has 0 spiro atoms. The summed E-state index contributed by atoms with van der Waals surface area (Å²) in [4.78, 5) is 0. The molecule has 0 amide bonds. The van der Waals surface area contributed by atoms with E-state index in [-0.39, 0.29) is 0 Å². The van der Waals surface area contributed by atoms with Crippen molar-refractivity contribution in [2.45, 2.75) is 69.9 Å². The molecule has 80 valence electrons. The lowest BCUT2D eigenvalue weighted by Crippen LogP contribution is -2.45. The van der Waals surface area contributed by atoms with Gasteiger partial charge in [-0.25, -0.2) is 0 Å². The van der Waals surface area contributed by atoms with Crippen molar-refractivity contribution in [3.05, 3.63) is 0 Å². The number of nitrogens with one attached hydrogen (secondary N) is 1. The summed E-state index contributed by atoms with van der Waals surface area (Å²) in [7, 11) is 0. The topological polar surface area (TPSA) is 12.0 Å². The van der Waals surface area contributed by atoms with Crippen LogP contribution in [-0.4, -0.2) is 12.1 Å². The minimum atomic E-state index is 0.884. The lowest BCUT2D eigenvalue weighted by atomic mass is 9.88. The molecule has 1 nitrogen and oxygen atoms in total. The standard InChI is InChI=1S/C13H23N/c1-2-11-7-9-12(14-13(11)3-1)8-6-10-4-5-10/h10-14H,1-9H2. The number of piperidine rings is 1. The molecule has 14 heavy (non-hydrogen) atoms. The first-order chi connectivity index (χ1) is 6.92. The Morgan fingerprint density at radius 3 is 2.64 bits per heavy atom. The van der Waals surface area contributed by atoms with E-state index in [1.54, 1.807) is 0 Å². The molecule has 1 heterocycles. The average molecular weight is 193 g/mol. The first kappa shape index (κ1) is 9.21. The molecule has 0 aromatic carbocycles. The molecule has 1 aliphatic heterocycles. The Morgan fingerprint density at radius 1 is 0.857 bits per heavy atom. The average Bonchev–Trinajstić information content (AvgIpc) is 2.92. The summed E-state index contributed by atoms with van der Waals surface area (Å²) < 4.78 is 0. The van der Waals surface area contributed by atoms with E-state index in [9.17, 15) is 0 Å². The van der Waals surface area contributed by atoms with E-state index in [0.29, 0.717) is 0 Å². The predicted molar refractivity (Wildman–Crippen MR) is 59.2 cm³/mol. The van der Waals surface area contributed by atoms with Crippen molar-refractivity contribution in [1.29, 1.82) is 0 Å². The Morgan fingerprint density at radius 2 is 1.79 bits per heavy atom. The van der Waals surface area contributed by atoms with E-state index in [4.69, 9.17) is 0 Å². The summed E-state index contributed by atoms with van der Waals surface area (Å²) in [6.45, 7) is 0. The van der Waals surface area contributed by atoms with Crippen LogP contribution in [0.1, 0.15) is 57.8 Å². The van der Waals surface area contributed by atoms with Gasteiger partial charge in [0.2, 0.25) is 0 Å². The summed E-state index contributed by atoms with van der Waals surface area (Å²) >= 11 is 0.